The van der Waals surface area contributed by atoms with Gasteiger partial charge >= 0.3 is 0 Å². The van der Waals surface area contributed by atoms with Gasteiger partial charge in [-0.3, -0.25) is 14.5 Å². The maximum absolute atomic E-state index is 12.3. The third kappa shape index (κ3) is 2.13. The Bertz CT molecular complexity index is 670. The molecule has 96 valence electrons. The molecule has 1 aliphatic rings. The summed E-state index contributed by atoms with van der Waals surface area (Å²) in [6.45, 7) is 0.0708. The number of amides is 2. The molecule has 0 N–H and O–H groups in total. The zero-order valence-electron chi connectivity index (χ0n) is 9.67. The molecule has 0 atom stereocenters. The lowest BCUT2D eigenvalue weighted by molar-refractivity contribution is -0.128. The van der Waals surface area contributed by atoms with Gasteiger partial charge in [0.25, 0.3) is 5.91 Å². The first kappa shape index (κ1) is 12.3. The Morgan fingerprint density at radius 3 is 2.84 bits per heavy atom. The Morgan fingerprint density at radius 1 is 1.32 bits per heavy atom. The fraction of sp³-hybridized carbons (Fsp3) is 0.167. The summed E-state index contributed by atoms with van der Waals surface area (Å²) in [4.78, 5) is 25.5. The van der Waals surface area contributed by atoms with Crippen molar-refractivity contribution in [1.82, 2.24) is 14.5 Å². The van der Waals surface area contributed by atoms with Crippen LogP contribution >= 0.6 is 23.1 Å². The molecule has 0 unspecified atom stereocenters. The maximum Gasteiger partial charge on any atom is 0.261 e. The van der Waals surface area contributed by atoms with Crippen LogP contribution in [0.15, 0.2) is 24.3 Å². The Kier molecular flexibility index (Phi) is 3.04. The van der Waals surface area contributed by atoms with Gasteiger partial charge in [0.05, 0.1) is 13.0 Å². The van der Waals surface area contributed by atoms with Crippen LogP contribution in [0.2, 0.25) is 4.34 Å². The second-order valence-electron chi connectivity index (χ2n) is 4.11. The molecule has 0 spiro atoms. The minimum absolute atomic E-state index is 0.0708. The molecule has 0 aliphatic carbocycles. The molecule has 3 rings (SSSR count). The van der Waals surface area contributed by atoms with E-state index in [1.807, 2.05) is 6.07 Å². The fourth-order valence-electron chi connectivity index (χ4n) is 2.00. The van der Waals surface area contributed by atoms with Crippen molar-refractivity contribution in [3.63, 3.8) is 0 Å². The van der Waals surface area contributed by atoms with Crippen LogP contribution in [0.3, 0.4) is 0 Å². The molecule has 1 aromatic heterocycles. The molecule has 1 aromatic carbocycles. The molecular formula is C12H8ClN3O2S. The van der Waals surface area contributed by atoms with E-state index >= 15 is 0 Å². The molecule has 1 aliphatic heterocycles. The topological polar surface area (TPSA) is 63.2 Å². The molecule has 0 fully saturated rings. The standard InChI is InChI=1S/C12H8ClN3O2S/c13-11-9(14-15-19-11)6-16-10(17)5-7-3-1-2-4-8(7)12(16)18/h1-4H,5-6H2. The number of halogens is 1. The lowest BCUT2D eigenvalue weighted by Gasteiger charge is -2.26. The smallest absolute Gasteiger partial charge is 0.261 e. The van der Waals surface area contributed by atoms with Crippen molar-refractivity contribution in [1.29, 1.82) is 0 Å². The summed E-state index contributed by atoms with van der Waals surface area (Å²) in [6, 6.07) is 7.11. The number of fused-ring (bicyclic) bond motifs is 1. The van der Waals surface area contributed by atoms with Gasteiger partial charge in [0, 0.05) is 17.1 Å². The largest absolute Gasteiger partial charge is 0.274 e. The Hall–Kier alpha value is -1.79. The number of imide groups is 1. The fourth-order valence-corrected chi connectivity index (χ4v) is 2.61. The third-order valence-electron chi connectivity index (χ3n) is 2.95. The van der Waals surface area contributed by atoms with Gasteiger partial charge in [-0.15, -0.1) is 5.10 Å². The molecule has 7 heteroatoms. The summed E-state index contributed by atoms with van der Waals surface area (Å²) in [5, 5.41) is 3.83. The molecule has 2 heterocycles. The highest BCUT2D eigenvalue weighted by Crippen LogP contribution is 2.24. The van der Waals surface area contributed by atoms with Crippen molar-refractivity contribution in [2.24, 2.45) is 0 Å². The van der Waals surface area contributed by atoms with Crippen LogP contribution in [0, 0.1) is 0 Å². The second kappa shape index (κ2) is 4.71. The molecule has 0 radical (unpaired) electrons. The zero-order chi connectivity index (χ0) is 13.4. The van der Waals surface area contributed by atoms with Gasteiger partial charge in [0.1, 0.15) is 10.0 Å². The SMILES string of the molecule is O=C1Cc2ccccc2C(=O)N1Cc1nnsc1Cl. The van der Waals surface area contributed by atoms with Crippen LogP contribution in [-0.2, 0) is 17.8 Å². The van der Waals surface area contributed by atoms with Crippen LogP contribution in [0.5, 0.6) is 0 Å². The van der Waals surface area contributed by atoms with E-state index in [1.54, 1.807) is 18.2 Å². The first-order chi connectivity index (χ1) is 9.16. The lowest BCUT2D eigenvalue weighted by atomic mass is 9.98. The average Bonchev–Trinajstić information content (AvgIpc) is 2.80. The highest BCUT2D eigenvalue weighted by Gasteiger charge is 2.31. The second-order valence-corrected chi connectivity index (χ2v) is 5.47. The number of benzene rings is 1. The van der Waals surface area contributed by atoms with E-state index in [-0.39, 0.29) is 24.8 Å². The maximum atomic E-state index is 12.3. The minimum atomic E-state index is -0.309. The number of carbonyl (C=O) groups is 2. The van der Waals surface area contributed by atoms with Gasteiger partial charge in [-0.2, -0.15) is 0 Å². The van der Waals surface area contributed by atoms with Crippen LogP contribution in [-0.4, -0.2) is 26.3 Å². The molecule has 0 bridgehead atoms. The van der Waals surface area contributed by atoms with E-state index in [0.717, 1.165) is 17.1 Å². The lowest BCUT2D eigenvalue weighted by Crippen LogP contribution is -2.41. The van der Waals surface area contributed by atoms with Gasteiger partial charge in [0.2, 0.25) is 5.91 Å². The molecule has 19 heavy (non-hydrogen) atoms. The van der Waals surface area contributed by atoms with Gasteiger partial charge < -0.3 is 0 Å². The first-order valence-corrected chi connectivity index (χ1v) is 6.71. The predicted molar refractivity (Wildman–Crippen MR) is 69.9 cm³/mol. The molecule has 0 saturated heterocycles. The van der Waals surface area contributed by atoms with Crippen LogP contribution in [0.4, 0.5) is 0 Å². The van der Waals surface area contributed by atoms with Crippen molar-refractivity contribution in [2.45, 2.75) is 13.0 Å². The Labute approximate surface area is 118 Å². The molecule has 2 amide bonds. The normalized spacial score (nSPS) is 14.7. The van der Waals surface area contributed by atoms with Crippen LogP contribution in [0.25, 0.3) is 0 Å². The molecular weight excluding hydrogens is 286 g/mol. The first-order valence-electron chi connectivity index (χ1n) is 5.56. The summed E-state index contributed by atoms with van der Waals surface area (Å²) in [5.74, 6) is -0.552. The zero-order valence-corrected chi connectivity index (χ0v) is 11.2. The van der Waals surface area contributed by atoms with E-state index in [2.05, 4.69) is 9.59 Å². The van der Waals surface area contributed by atoms with Gasteiger partial charge in [-0.1, -0.05) is 34.3 Å². The van der Waals surface area contributed by atoms with Crippen LogP contribution < -0.4 is 0 Å². The van der Waals surface area contributed by atoms with Crippen molar-refractivity contribution < 1.29 is 9.59 Å². The monoisotopic (exact) mass is 293 g/mol. The van der Waals surface area contributed by atoms with E-state index in [0.29, 0.717) is 15.6 Å². The Balaban J connectivity index is 1.94. The number of rotatable bonds is 2. The predicted octanol–water partition coefficient (Wildman–Crippen LogP) is 1.92. The third-order valence-corrected chi connectivity index (χ3v) is 3.94. The summed E-state index contributed by atoms with van der Waals surface area (Å²) in [7, 11) is 0. The van der Waals surface area contributed by atoms with Crippen LogP contribution in [0.1, 0.15) is 21.6 Å². The van der Waals surface area contributed by atoms with Crippen molar-refractivity contribution in [2.75, 3.05) is 0 Å². The molecule has 0 saturated carbocycles. The average molecular weight is 294 g/mol. The number of hydrogen-bond donors (Lipinski definition) is 0. The van der Waals surface area contributed by atoms with E-state index in [9.17, 15) is 9.59 Å². The number of nitrogens with zero attached hydrogens (tertiary/aromatic N) is 3. The highest BCUT2D eigenvalue weighted by atomic mass is 35.5. The van der Waals surface area contributed by atoms with E-state index in [4.69, 9.17) is 11.6 Å². The summed E-state index contributed by atoms with van der Waals surface area (Å²) < 4.78 is 4.09. The highest BCUT2D eigenvalue weighted by molar-refractivity contribution is 7.10. The van der Waals surface area contributed by atoms with Gasteiger partial charge in [-0.05, 0) is 11.6 Å². The van der Waals surface area contributed by atoms with Crippen molar-refractivity contribution in [3.05, 3.63) is 45.4 Å². The molecule has 5 nitrogen and oxygen atoms in total. The Morgan fingerprint density at radius 2 is 2.11 bits per heavy atom. The number of hydrogen-bond acceptors (Lipinski definition) is 5. The summed E-state index contributed by atoms with van der Waals surface area (Å²) >= 11 is 6.94. The van der Waals surface area contributed by atoms with Crippen molar-refractivity contribution >= 4 is 34.9 Å². The van der Waals surface area contributed by atoms with Gasteiger partial charge in [-0.25, -0.2) is 0 Å². The quantitative estimate of drug-likeness (QED) is 0.794. The van der Waals surface area contributed by atoms with Crippen molar-refractivity contribution in [3.8, 4) is 0 Å². The van der Waals surface area contributed by atoms with E-state index < -0.39 is 0 Å². The number of aromatic nitrogens is 2. The summed E-state index contributed by atoms with van der Waals surface area (Å²) in [6.07, 6.45) is 0.219. The molecule has 2 aromatic rings. The van der Waals surface area contributed by atoms with E-state index in [1.165, 1.54) is 4.90 Å². The number of carbonyl (C=O) groups excluding carboxylic acids is 2. The summed E-state index contributed by atoms with van der Waals surface area (Å²) in [5.41, 5.74) is 1.77. The minimum Gasteiger partial charge on any atom is -0.274 e. The van der Waals surface area contributed by atoms with Gasteiger partial charge in [0.15, 0.2) is 0 Å².